The molecule has 1 atom stereocenters. The highest BCUT2D eigenvalue weighted by molar-refractivity contribution is 7.92. The number of quaternary nitrogens is 1. The summed E-state index contributed by atoms with van der Waals surface area (Å²) in [6.07, 6.45) is -0.961. The Balaban J connectivity index is 1.70. The molecule has 0 aliphatic carbocycles. The van der Waals surface area contributed by atoms with E-state index in [0.717, 1.165) is 29.5 Å². The lowest BCUT2D eigenvalue weighted by Gasteiger charge is -2.22. The zero-order valence-electron chi connectivity index (χ0n) is 19.0. The molecule has 0 aliphatic heterocycles. The third-order valence-electron chi connectivity index (χ3n) is 4.42. The summed E-state index contributed by atoms with van der Waals surface area (Å²) in [5.41, 5.74) is 0.236. The molecule has 0 bridgehead atoms. The van der Waals surface area contributed by atoms with Crippen LogP contribution in [0.25, 0.3) is 10.1 Å². The van der Waals surface area contributed by atoms with Gasteiger partial charge in [0.05, 0.1) is 26.7 Å². The van der Waals surface area contributed by atoms with E-state index >= 15 is 0 Å². The Morgan fingerprint density at radius 2 is 1.94 bits per heavy atom. The molecule has 1 amide bonds. The lowest BCUT2D eigenvalue weighted by Crippen LogP contribution is -2.41. The zero-order valence-corrected chi connectivity index (χ0v) is 21.5. The van der Waals surface area contributed by atoms with Gasteiger partial charge in [-0.15, -0.1) is 11.3 Å². The Morgan fingerprint density at radius 3 is 2.57 bits per heavy atom. The van der Waals surface area contributed by atoms with Gasteiger partial charge in [-0.1, -0.05) is 0 Å². The van der Waals surface area contributed by atoms with Crippen molar-refractivity contribution in [3.63, 3.8) is 0 Å². The standard InChI is InChI=1S/C21H22FN4O6PS2/c1-26(2,3)12-20(27)25-16-5-7-19-15(8-16)9-21(34-19)35(30,31)24-13-33(28,29)32-17-6-4-14(11-23)18(22)10-17/h4-10,24H,12-13H2,1-3H3,(H-,25,27,28,29)/p+1. The average molecular weight is 542 g/mol. The fraction of sp³-hybridized carbons (Fsp3) is 0.238. The number of halogens is 1. The van der Waals surface area contributed by atoms with Crippen molar-refractivity contribution in [1.82, 2.24) is 4.72 Å². The molecule has 14 heteroatoms. The van der Waals surface area contributed by atoms with Gasteiger partial charge >= 0.3 is 7.60 Å². The van der Waals surface area contributed by atoms with E-state index in [1.165, 1.54) is 6.07 Å². The van der Waals surface area contributed by atoms with Crippen molar-refractivity contribution in [3.05, 3.63) is 53.8 Å². The van der Waals surface area contributed by atoms with E-state index in [1.54, 1.807) is 24.3 Å². The van der Waals surface area contributed by atoms with E-state index in [2.05, 4.69) is 5.32 Å². The SMILES string of the molecule is C[N+](C)(C)CC(=O)Nc1ccc2sc(S(=O)(=O)NCP(=O)(O)Oc3ccc(C#N)c(F)c3)cc2c1. The van der Waals surface area contributed by atoms with Crippen LogP contribution in [0.5, 0.6) is 5.75 Å². The minimum absolute atomic E-state index is 0.105. The summed E-state index contributed by atoms with van der Waals surface area (Å²) in [5.74, 6) is -1.46. The molecule has 1 aromatic heterocycles. The lowest BCUT2D eigenvalue weighted by atomic mass is 10.2. The molecule has 1 unspecified atom stereocenters. The van der Waals surface area contributed by atoms with Gasteiger partial charge in [-0.25, -0.2) is 17.4 Å². The Kier molecular flexibility index (Phi) is 7.66. The fourth-order valence-electron chi connectivity index (χ4n) is 2.94. The first-order valence-electron chi connectivity index (χ1n) is 10.0. The van der Waals surface area contributed by atoms with E-state index in [9.17, 15) is 27.1 Å². The predicted molar refractivity (Wildman–Crippen MR) is 130 cm³/mol. The molecular weight excluding hydrogens is 518 g/mol. The van der Waals surface area contributed by atoms with Crippen LogP contribution in [0, 0.1) is 17.1 Å². The molecule has 1 heterocycles. The van der Waals surface area contributed by atoms with Crippen LogP contribution in [0.2, 0.25) is 0 Å². The number of sulfonamides is 1. The van der Waals surface area contributed by atoms with E-state index < -0.39 is 29.7 Å². The number of carbonyl (C=O) groups excluding carboxylic acids is 1. The highest BCUT2D eigenvalue weighted by Gasteiger charge is 2.27. The van der Waals surface area contributed by atoms with Crippen LogP contribution < -0.4 is 14.6 Å². The Hall–Kier alpha value is -2.85. The number of fused-ring (bicyclic) bond motifs is 1. The highest BCUT2D eigenvalue weighted by Crippen LogP contribution is 2.42. The number of amides is 1. The third-order valence-corrected chi connectivity index (χ3v) is 8.68. The fourth-order valence-corrected chi connectivity index (χ4v) is 6.86. The molecule has 3 N–H and O–H groups in total. The van der Waals surface area contributed by atoms with Crippen molar-refractivity contribution in [2.75, 3.05) is 39.3 Å². The number of hydrogen-bond donors (Lipinski definition) is 3. The van der Waals surface area contributed by atoms with E-state index in [4.69, 9.17) is 9.79 Å². The first-order valence-corrected chi connectivity index (χ1v) is 14.1. The second-order valence-corrected chi connectivity index (χ2v) is 13.5. The largest absolute Gasteiger partial charge is 0.424 e. The molecule has 0 saturated heterocycles. The van der Waals surface area contributed by atoms with Crippen LogP contribution >= 0.6 is 18.9 Å². The quantitative estimate of drug-likeness (QED) is 0.279. The maximum absolute atomic E-state index is 13.7. The zero-order chi connectivity index (χ0) is 26.0. The molecule has 0 spiro atoms. The smallest absolute Gasteiger partial charge is 0.391 e. The maximum atomic E-state index is 13.7. The Labute approximate surface area is 205 Å². The van der Waals surface area contributed by atoms with Crippen LogP contribution in [0.1, 0.15) is 5.56 Å². The second kappa shape index (κ2) is 10.0. The topological polar surface area (TPSA) is 146 Å². The minimum atomic E-state index is -4.53. The monoisotopic (exact) mass is 541 g/mol. The minimum Gasteiger partial charge on any atom is -0.424 e. The van der Waals surface area contributed by atoms with Gasteiger partial charge in [0.25, 0.3) is 15.9 Å². The van der Waals surface area contributed by atoms with Crippen LogP contribution in [-0.2, 0) is 19.4 Å². The van der Waals surface area contributed by atoms with Gasteiger partial charge in [-0.05, 0) is 41.8 Å². The van der Waals surface area contributed by atoms with E-state index in [0.29, 0.717) is 20.3 Å². The Morgan fingerprint density at radius 1 is 1.23 bits per heavy atom. The molecule has 186 valence electrons. The molecule has 35 heavy (non-hydrogen) atoms. The maximum Gasteiger partial charge on any atom is 0.391 e. The summed E-state index contributed by atoms with van der Waals surface area (Å²) >= 11 is 0.944. The molecule has 0 fully saturated rings. The normalized spacial score (nSPS) is 13.7. The van der Waals surface area contributed by atoms with Gasteiger partial charge in [-0.2, -0.15) is 9.98 Å². The number of nitriles is 1. The molecule has 0 aliphatic rings. The summed E-state index contributed by atoms with van der Waals surface area (Å²) in [5, 5.41) is 12.1. The molecule has 3 rings (SSSR count). The van der Waals surface area contributed by atoms with Gasteiger partial charge in [0, 0.05) is 16.5 Å². The van der Waals surface area contributed by atoms with Crippen LogP contribution in [0.15, 0.2) is 46.7 Å². The molecular formula is C21H23FN4O6PS2+. The number of nitrogens with one attached hydrogen (secondary N) is 2. The van der Waals surface area contributed by atoms with Crippen molar-refractivity contribution in [1.29, 1.82) is 5.26 Å². The number of likely N-dealkylation sites (N-methyl/N-ethyl adjacent to an activating group) is 1. The number of carbonyl (C=O) groups is 1. The third kappa shape index (κ3) is 7.32. The summed E-state index contributed by atoms with van der Waals surface area (Å²) < 4.78 is 59.3. The van der Waals surface area contributed by atoms with Gasteiger partial charge < -0.3 is 19.2 Å². The van der Waals surface area contributed by atoms with Crippen LogP contribution in [0.3, 0.4) is 0 Å². The van der Waals surface area contributed by atoms with Crippen molar-refractivity contribution in [3.8, 4) is 11.8 Å². The number of thiophene rings is 1. The Bertz CT molecular complexity index is 1480. The predicted octanol–water partition coefficient (Wildman–Crippen LogP) is 3.06. The summed E-state index contributed by atoms with van der Waals surface area (Å²) in [7, 11) is -3.07. The number of benzene rings is 2. The van der Waals surface area contributed by atoms with Crippen molar-refractivity contribution in [2.24, 2.45) is 0 Å². The molecule has 2 aromatic carbocycles. The van der Waals surface area contributed by atoms with E-state index in [1.807, 2.05) is 25.9 Å². The molecule has 0 saturated carbocycles. The number of anilines is 1. The van der Waals surface area contributed by atoms with Crippen LogP contribution in [0.4, 0.5) is 10.1 Å². The van der Waals surface area contributed by atoms with Gasteiger partial charge in [0.2, 0.25) is 0 Å². The van der Waals surface area contributed by atoms with Gasteiger partial charge in [-0.3, -0.25) is 4.79 Å². The number of hydrogen-bond acceptors (Lipinski definition) is 7. The first-order chi connectivity index (χ1) is 16.2. The highest BCUT2D eigenvalue weighted by atomic mass is 32.2. The molecule has 10 nitrogen and oxygen atoms in total. The number of nitrogens with zero attached hydrogens (tertiary/aromatic N) is 2. The van der Waals surface area contributed by atoms with Gasteiger partial charge in [0.1, 0.15) is 28.1 Å². The first kappa shape index (κ1) is 26.7. The van der Waals surface area contributed by atoms with Crippen LogP contribution in [-0.4, -0.2) is 57.7 Å². The summed E-state index contributed by atoms with van der Waals surface area (Å²) in [6, 6.07) is 10.9. The van der Waals surface area contributed by atoms with Crippen molar-refractivity contribution < 1.29 is 36.1 Å². The van der Waals surface area contributed by atoms with E-state index in [-0.39, 0.29) is 28.0 Å². The van der Waals surface area contributed by atoms with Crippen molar-refractivity contribution >= 4 is 50.6 Å². The van der Waals surface area contributed by atoms with Gasteiger partial charge in [0.15, 0.2) is 6.54 Å². The molecule has 0 radical (unpaired) electrons. The average Bonchev–Trinajstić information content (AvgIpc) is 3.15. The second-order valence-electron chi connectivity index (χ2n) is 8.60. The van der Waals surface area contributed by atoms with Crippen molar-refractivity contribution in [2.45, 2.75) is 4.21 Å². The number of rotatable bonds is 9. The molecule has 3 aromatic rings. The lowest BCUT2D eigenvalue weighted by molar-refractivity contribution is -0.861. The summed E-state index contributed by atoms with van der Waals surface area (Å²) in [4.78, 5) is 22.2. The summed E-state index contributed by atoms with van der Waals surface area (Å²) in [6.45, 7) is 0.254.